The number of ether oxygens (including phenoxy) is 1. The van der Waals surface area contributed by atoms with Crippen molar-refractivity contribution in [2.75, 3.05) is 26.3 Å². The topological polar surface area (TPSA) is 93.1 Å². The van der Waals surface area contributed by atoms with E-state index < -0.39 is 34.4 Å². The van der Waals surface area contributed by atoms with Crippen LogP contribution in [0.1, 0.15) is 0 Å². The molecule has 0 spiro atoms. The van der Waals surface area contributed by atoms with Gasteiger partial charge < -0.3 is 14.7 Å². The summed E-state index contributed by atoms with van der Waals surface area (Å²) < 4.78 is 65.6. The lowest BCUT2D eigenvalue weighted by Crippen LogP contribution is -2.47. The molecule has 0 bridgehead atoms. The molecule has 18 heavy (non-hydrogen) atoms. The fourth-order valence-electron chi connectivity index (χ4n) is 1.23. The molecular formula is C7H10F3NO6S. The predicted octanol–water partition coefficient (Wildman–Crippen LogP) is 0.231. The van der Waals surface area contributed by atoms with Gasteiger partial charge in [-0.25, -0.2) is 4.79 Å². The number of nitrogens with zero attached hydrogens (tertiary/aromatic N) is 1. The van der Waals surface area contributed by atoms with Crippen LogP contribution in [0.4, 0.5) is 18.0 Å². The fraction of sp³-hybridized carbons (Fsp3) is 0.857. The van der Waals surface area contributed by atoms with E-state index in [2.05, 4.69) is 4.18 Å². The standard InChI is InChI=1S/C7H10F3NO6S/c8-7(9,10)18(14,15)17-4-5-3-11(6(12)13)1-2-16-5/h5H,1-4H2,(H,12,13). The third-order valence-corrected chi connectivity index (χ3v) is 3.12. The van der Waals surface area contributed by atoms with Gasteiger partial charge in [-0.1, -0.05) is 0 Å². The van der Waals surface area contributed by atoms with E-state index >= 15 is 0 Å². The van der Waals surface area contributed by atoms with Crippen LogP contribution in [0.25, 0.3) is 0 Å². The van der Waals surface area contributed by atoms with Crippen LogP contribution in [-0.4, -0.2) is 62.4 Å². The highest BCUT2D eigenvalue weighted by Crippen LogP contribution is 2.25. The van der Waals surface area contributed by atoms with Crippen LogP contribution in [0.5, 0.6) is 0 Å². The van der Waals surface area contributed by atoms with Crippen LogP contribution in [0.2, 0.25) is 0 Å². The lowest BCUT2D eigenvalue weighted by molar-refractivity contribution is -0.0668. The lowest BCUT2D eigenvalue weighted by Gasteiger charge is -2.30. The van der Waals surface area contributed by atoms with Crippen molar-refractivity contribution >= 4 is 16.2 Å². The van der Waals surface area contributed by atoms with Crippen molar-refractivity contribution in [2.24, 2.45) is 0 Å². The Balaban J connectivity index is 2.52. The molecule has 0 aromatic heterocycles. The van der Waals surface area contributed by atoms with Crippen molar-refractivity contribution in [1.82, 2.24) is 4.90 Å². The Bertz CT molecular complexity index is 408. The largest absolute Gasteiger partial charge is 0.523 e. The maximum absolute atomic E-state index is 11.9. The van der Waals surface area contributed by atoms with Crippen molar-refractivity contribution in [3.05, 3.63) is 0 Å². The maximum Gasteiger partial charge on any atom is 0.523 e. The number of hydrogen-bond donors (Lipinski definition) is 1. The zero-order valence-electron chi connectivity index (χ0n) is 8.88. The van der Waals surface area contributed by atoms with E-state index in [1.165, 1.54) is 0 Å². The van der Waals surface area contributed by atoms with Crippen LogP contribution in [0, 0.1) is 0 Å². The molecule has 1 N–H and O–H groups in total. The Kier molecular flexibility index (Phi) is 4.40. The molecule has 0 saturated carbocycles. The average molecular weight is 293 g/mol. The fourth-order valence-corrected chi connectivity index (χ4v) is 1.69. The predicted molar refractivity (Wildman–Crippen MR) is 50.3 cm³/mol. The molecule has 1 aliphatic rings. The minimum Gasteiger partial charge on any atom is -0.465 e. The van der Waals surface area contributed by atoms with Crippen LogP contribution in [0.15, 0.2) is 0 Å². The summed E-state index contributed by atoms with van der Waals surface area (Å²) in [4.78, 5) is 11.5. The zero-order valence-corrected chi connectivity index (χ0v) is 9.70. The highest BCUT2D eigenvalue weighted by Gasteiger charge is 2.47. The molecule has 1 saturated heterocycles. The number of carbonyl (C=O) groups is 1. The third-order valence-electron chi connectivity index (χ3n) is 2.10. The van der Waals surface area contributed by atoms with Gasteiger partial charge in [0.15, 0.2) is 0 Å². The molecule has 0 aromatic rings. The summed E-state index contributed by atoms with van der Waals surface area (Å²) in [6.07, 6.45) is -2.31. The summed E-state index contributed by atoms with van der Waals surface area (Å²) >= 11 is 0. The first-order valence-electron chi connectivity index (χ1n) is 4.68. The van der Waals surface area contributed by atoms with E-state index in [4.69, 9.17) is 9.84 Å². The van der Waals surface area contributed by atoms with Gasteiger partial charge in [-0.15, -0.1) is 0 Å². The lowest BCUT2D eigenvalue weighted by atomic mass is 10.3. The number of amides is 1. The third kappa shape index (κ3) is 3.71. The quantitative estimate of drug-likeness (QED) is 0.591. The van der Waals surface area contributed by atoms with E-state index in [0.717, 1.165) is 4.90 Å². The first kappa shape index (κ1) is 15.0. The van der Waals surface area contributed by atoms with Gasteiger partial charge in [0.2, 0.25) is 0 Å². The Morgan fingerprint density at radius 2 is 2.11 bits per heavy atom. The Labute approximate surface area is 100 Å². The summed E-state index contributed by atoms with van der Waals surface area (Å²) in [6, 6.07) is 0. The second-order valence-corrected chi connectivity index (χ2v) is 5.01. The van der Waals surface area contributed by atoms with Gasteiger partial charge in [0.05, 0.1) is 19.8 Å². The molecule has 0 aromatic carbocycles. The molecule has 7 nitrogen and oxygen atoms in total. The molecule has 0 aliphatic carbocycles. The van der Waals surface area contributed by atoms with Crippen molar-refractivity contribution in [1.29, 1.82) is 0 Å². The number of rotatable bonds is 3. The highest BCUT2D eigenvalue weighted by molar-refractivity contribution is 7.87. The molecule has 106 valence electrons. The van der Waals surface area contributed by atoms with Crippen molar-refractivity contribution < 1.29 is 40.4 Å². The van der Waals surface area contributed by atoms with E-state index in [1.54, 1.807) is 0 Å². The SMILES string of the molecule is O=C(O)N1CCOC(COS(=O)(=O)C(F)(F)F)C1. The van der Waals surface area contributed by atoms with Gasteiger partial charge in [-0.3, -0.25) is 4.18 Å². The summed E-state index contributed by atoms with van der Waals surface area (Å²) in [6.45, 7) is -1.10. The first-order chi connectivity index (χ1) is 8.13. The molecule has 1 fully saturated rings. The van der Waals surface area contributed by atoms with Crippen LogP contribution in [-0.2, 0) is 19.0 Å². The van der Waals surface area contributed by atoms with Crippen molar-refractivity contribution in [3.8, 4) is 0 Å². The van der Waals surface area contributed by atoms with Gasteiger partial charge >= 0.3 is 21.7 Å². The number of morpholine rings is 1. The van der Waals surface area contributed by atoms with Gasteiger partial charge in [-0.05, 0) is 0 Å². The van der Waals surface area contributed by atoms with E-state index in [-0.39, 0.29) is 19.7 Å². The second-order valence-electron chi connectivity index (χ2n) is 3.41. The Morgan fingerprint density at radius 1 is 1.50 bits per heavy atom. The summed E-state index contributed by atoms with van der Waals surface area (Å²) in [5.41, 5.74) is -5.51. The van der Waals surface area contributed by atoms with Gasteiger partial charge in [0.25, 0.3) is 0 Å². The average Bonchev–Trinajstić information content (AvgIpc) is 2.25. The molecule has 1 aliphatic heterocycles. The van der Waals surface area contributed by atoms with Crippen LogP contribution in [0.3, 0.4) is 0 Å². The monoisotopic (exact) mass is 293 g/mol. The number of hydrogen-bond acceptors (Lipinski definition) is 5. The number of alkyl halides is 3. The van der Waals surface area contributed by atoms with Crippen molar-refractivity contribution in [3.63, 3.8) is 0 Å². The number of carboxylic acid groups (broad SMARTS) is 1. The molecule has 1 amide bonds. The molecular weight excluding hydrogens is 283 g/mol. The first-order valence-corrected chi connectivity index (χ1v) is 6.09. The molecule has 1 unspecified atom stereocenters. The van der Waals surface area contributed by atoms with Gasteiger partial charge in [0.1, 0.15) is 6.10 Å². The molecule has 1 atom stereocenters. The molecule has 11 heteroatoms. The van der Waals surface area contributed by atoms with Crippen LogP contribution >= 0.6 is 0 Å². The summed E-state index contributed by atoms with van der Waals surface area (Å²) in [5, 5.41) is 8.64. The Morgan fingerprint density at radius 3 is 2.61 bits per heavy atom. The van der Waals surface area contributed by atoms with Gasteiger partial charge in [-0.2, -0.15) is 21.6 Å². The smallest absolute Gasteiger partial charge is 0.465 e. The summed E-state index contributed by atoms with van der Waals surface area (Å²) in [7, 11) is -5.68. The minimum atomic E-state index is -5.68. The zero-order chi connectivity index (χ0) is 14.0. The maximum atomic E-state index is 11.9. The van der Waals surface area contributed by atoms with E-state index in [9.17, 15) is 26.4 Å². The second kappa shape index (κ2) is 5.28. The van der Waals surface area contributed by atoms with E-state index in [1.807, 2.05) is 0 Å². The van der Waals surface area contributed by atoms with Gasteiger partial charge in [0, 0.05) is 6.54 Å². The van der Waals surface area contributed by atoms with E-state index in [0.29, 0.717) is 0 Å². The van der Waals surface area contributed by atoms with Crippen molar-refractivity contribution in [2.45, 2.75) is 11.6 Å². The van der Waals surface area contributed by atoms with Crippen LogP contribution < -0.4 is 0 Å². The normalized spacial score (nSPS) is 21.9. The molecule has 1 heterocycles. The minimum absolute atomic E-state index is 0.0353. The molecule has 1 rings (SSSR count). The number of halogens is 3. The Hall–Kier alpha value is -1.07. The highest BCUT2D eigenvalue weighted by atomic mass is 32.2. The summed E-state index contributed by atoms with van der Waals surface area (Å²) in [5.74, 6) is 0. The molecule has 0 radical (unpaired) electrons.